The molecular formula is C10H21N. The quantitative estimate of drug-likeness (QED) is 0.552. The molecule has 0 bridgehead atoms. The zero-order valence-electron chi connectivity index (χ0n) is 8.35. The van der Waals surface area contributed by atoms with Crippen LogP contribution in [0.25, 0.3) is 0 Å². The molecule has 0 radical (unpaired) electrons. The number of aliphatic imine (C=N–C) groups is 1. The first-order valence-corrected chi connectivity index (χ1v) is 4.54. The van der Waals surface area contributed by atoms with Crippen molar-refractivity contribution in [1.29, 1.82) is 0 Å². The van der Waals surface area contributed by atoms with E-state index in [1.165, 1.54) is 12.8 Å². The molecule has 0 aliphatic heterocycles. The van der Waals surface area contributed by atoms with Gasteiger partial charge in [0.15, 0.2) is 0 Å². The van der Waals surface area contributed by atoms with Crippen LogP contribution in [0.1, 0.15) is 47.0 Å². The van der Waals surface area contributed by atoms with E-state index in [4.69, 9.17) is 0 Å². The van der Waals surface area contributed by atoms with Gasteiger partial charge in [0.05, 0.1) is 0 Å². The topological polar surface area (TPSA) is 12.4 Å². The molecular weight excluding hydrogens is 134 g/mol. The Morgan fingerprint density at radius 2 is 1.91 bits per heavy atom. The molecule has 0 aliphatic carbocycles. The summed E-state index contributed by atoms with van der Waals surface area (Å²) in [6.45, 7) is 9.92. The van der Waals surface area contributed by atoms with Crippen molar-refractivity contribution in [3.63, 3.8) is 0 Å². The SMILES string of the molecule is CCCC=NCCC(C)(C)C. The minimum absolute atomic E-state index is 0.434. The maximum atomic E-state index is 4.32. The maximum absolute atomic E-state index is 4.32. The van der Waals surface area contributed by atoms with E-state index in [1.807, 2.05) is 6.21 Å². The fourth-order valence-electron chi connectivity index (χ4n) is 0.712. The van der Waals surface area contributed by atoms with Crippen molar-refractivity contribution in [3.05, 3.63) is 0 Å². The van der Waals surface area contributed by atoms with E-state index in [0.29, 0.717) is 5.41 Å². The average molecular weight is 155 g/mol. The fraction of sp³-hybridized carbons (Fsp3) is 0.900. The van der Waals surface area contributed by atoms with Gasteiger partial charge in [0.25, 0.3) is 0 Å². The van der Waals surface area contributed by atoms with Crippen LogP contribution in [0.15, 0.2) is 4.99 Å². The lowest BCUT2D eigenvalue weighted by atomic mass is 9.92. The zero-order valence-corrected chi connectivity index (χ0v) is 8.35. The molecule has 1 heteroatoms. The number of unbranched alkanes of at least 4 members (excludes halogenated alkanes) is 1. The molecule has 0 atom stereocenters. The summed E-state index contributed by atoms with van der Waals surface area (Å²) in [4.78, 5) is 4.32. The third-order valence-electron chi connectivity index (χ3n) is 1.54. The Hall–Kier alpha value is -0.330. The Bertz CT molecular complexity index is 109. The van der Waals surface area contributed by atoms with Crippen molar-refractivity contribution in [2.24, 2.45) is 10.4 Å². The summed E-state index contributed by atoms with van der Waals surface area (Å²) in [5, 5.41) is 0. The van der Waals surface area contributed by atoms with Crippen LogP contribution in [0.5, 0.6) is 0 Å². The normalized spacial score (nSPS) is 12.7. The highest BCUT2D eigenvalue weighted by molar-refractivity contribution is 5.56. The molecule has 0 heterocycles. The summed E-state index contributed by atoms with van der Waals surface area (Å²) < 4.78 is 0. The molecule has 0 rings (SSSR count). The third kappa shape index (κ3) is 9.67. The number of nitrogens with zero attached hydrogens (tertiary/aromatic N) is 1. The lowest BCUT2D eigenvalue weighted by molar-refractivity contribution is 0.385. The van der Waals surface area contributed by atoms with Gasteiger partial charge in [0.2, 0.25) is 0 Å². The highest BCUT2D eigenvalue weighted by Crippen LogP contribution is 2.17. The van der Waals surface area contributed by atoms with Gasteiger partial charge in [-0.1, -0.05) is 34.1 Å². The molecule has 0 aromatic carbocycles. The molecule has 0 unspecified atom stereocenters. The van der Waals surface area contributed by atoms with Gasteiger partial charge >= 0.3 is 0 Å². The van der Waals surface area contributed by atoms with Crippen LogP contribution in [0.3, 0.4) is 0 Å². The highest BCUT2D eigenvalue weighted by Gasteiger charge is 2.07. The molecule has 66 valence electrons. The van der Waals surface area contributed by atoms with Gasteiger partial charge in [-0.05, 0) is 24.5 Å². The zero-order chi connectivity index (χ0) is 8.74. The molecule has 0 spiro atoms. The standard InChI is InChI=1S/C10H21N/c1-5-6-8-11-9-7-10(2,3)4/h8H,5-7,9H2,1-4H3. The highest BCUT2D eigenvalue weighted by atomic mass is 14.7. The summed E-state index contributed by atoms with van der Waals surface area (Å²) in [7, 11) is 0. The molecule has 11 heavy (non-hydrogen) atoms. The summed E-state index contributed by atoms with van der Waals surface area (Å²) in [5.41, 5.74) is 0.434. The van der Waals surface area contributed by atoms with Gasteiger partial charge in [-0.25, -0.2) is 0 Å². The first kappa shape index (κ1) is 10.7. The minimum Gasteiger partial charge on any atom is -0.298 e. The monoisotopic (exact) mass is 155 g/mol. The van der Waals surface area contributed by atoms with Gasteiger partial charge in [-0.15, -0.1) is 0 Å². The van der Waals surface area contributed by atoms with Crippen LogP contribution in [-0.2, 0) is 0 Å². The summed E-state index contributed by atoms with van der Waals surface area (Å²) in [6.07, 6.45) is 5.57. The van der Waals surface area contributed by atoms with Crippen LogP contribution in [0.4, 0.5) is 0 Å². The second-order valence-corrected chi connectivity index (χ2v) is 4.19. The van der Waals surface area contributed by atoms with Crippen molar-refractivity contribution in [3.8, 4) is 0 Å². The molecule has 0 fully saturated rings. The largest absolute Gasteiger partial charge is 0.298 e. The fourth-order valence-corrected chi connectivity index (χ4v) is 0.712. The second-order valence-electron chi connectivity index (χ2n) is 4.19. The Balaban J connectivity index is 3.27. The van der Waals surface area contributed by atoms with E-state index in [9.17, 15) is 0 Å². The van der Waals surface area contributed by atoms with Gasteiger partial charge < -0.3 is 0 Å². The van der Waals surface area contributed by atoms with Crippen LogP contribution in [0, 0.1) is 5.41 Å². The Labute approximate surface area is 70.9 Å². The lowest BCUT2D eigenvalue weighted by Crippen LogP contribution is -2.06. The van der Waals surface area contributed by atoms with Crippen molar-refractivity contribution >= 4 is 6.21 Å². The molecule has 0 aromatic heterocycles. The summed E-state index contributed by atoms with van der Waals surface area (Å²) in [5.74, 6) is 0. The van der Waals surface area contributed by atoms with E-state index < -0.39 is 0 Å². The molecule has 0 aliphatic rings. The number of rotatable bonds is 4. The Morgan fingerprint density at radius 1 is 1.27 bits per heavy atom. The third-order valence-corrected chi connectivity index (χ3v) is 1.54. The average Bonchev–Trinajstić information content (AvgIpc) is 1.85. The summed E-state index contributed by atoms with van der Waals surface area (Å²) >= 11 is 0. The Kier molecular flexibility index (Phi) is 5.18. The molecule has 1 nitrogen and oxygen atoms in total. The van der Waals surface area contributed by atoms with E-state index in [2.05, 4.69) is 32.7 Å². The van der Waals surface area contributed by atoms with Gasteiger partial charge in [-0.2, -0.15) is 0 Å². The van der Waals surface area contributed by atoms with Crippen molar-refractivity contribution < 1.29 is 0 Å². The molecule has 0 N–H and O–H groups in total. The van der Waals surface area contributed by atoms with Gasteiger partial charge in [0, 0.05) is 6.54 Å². The minimum atomic E-state index is 0.434. The first-order chi connectivity index (χ1) is 5.06. The van der Waals surface area contributed by atoms with Crippen molar-refractivity contribution in [1.82, 2.24) is 0 Å². The molecule has 0 amide bonds. The number of hydrogen-bond donors (Lipinski definition) is 0. The van der Waals surface area contributed by atoms with E-state index in [0.717, 1.165) is 13.0 Å². The first-order valence-electron chi connectivity index (χ1n) is 4.54. The molecule has 0 aromatic rings. The van der Waals surface area contributed by atoms with E-state index in [-0.39, 0.29) is 0 Å². The molecule has 0 saturated carbocycles. The summed E-state index contributed by atoms with van der Waals surface area (Å²) in [6, 6.07) is 0. The Morgan fingerprint density at radius 3 is 2.36 bits per heavy atom. The molecule has 0 saturated heterocycles. The van der Waals surface area contributed by atoms with Crippen molar-refractivity contribution in [2.75, 3.05) is 6.54 Å². The van der Waals surface area contributed by atoms with Crippen LogP contribution >= 0.6 is 0 Å². The predicted molar refractivity (Wildman–Crippen MR) is 52.3 cm³/mol. The maximum Gasteiger partial charge on any atom is 0.0390 e. The number of hydrogen-bond acceptors (Lipinski definition) is 1. The van der Waals surface area contributed by atoms with Crippen LogP contribution in [0.2, 0.25) is 0 Å². The van der Waals surface area contributed by atoms with Gasteiger partial charge in [0.1, 0.15) is 0 Å². The van der Waals surface area contributed by atoms with E-state index in [1.54, 1.807) is 0 Å². The second kappa shape index (κ2) is 5.34. The van der Waals surface area contributed by atoms with Gasteiger partial charge in [-0.3, -0.25) is 4.99 Å². The van der Waals surface area contributed by atoms with Crippen LogP contribution in [-0.4, -0.2) is 12.8 Å². The van der Waals surface area contributed by atoms with E-state index >= 15 is 0 Å². The van der Waals surface area contributed by atoms with Crippen molar-refractivity contribution in [2.45, 2.75) is 47.0 Å². The smallest absolute Gasteiger partial charge is 0.0390 e. The lowest BCUT2D eigenvalue weighted by Gasteiger charge is -2.15. The van der Waals surface area contributed by atoms with Crippen LogP contribution < -0.4 is 0 Å². The predicted octanol–water partition coefficient (Wildman–Crippen LogP) is 3.29.